The molecule has 1 aromatic rings. The lowest BCUT2D eigenvalue weighted by atomic mass is 10.4. The van der Waals surface area contributed by atoms with Crippen molar-refractivity contribution in [1.29, 1.82) is 0 Å². The molecule has 1 aromatic heterocycles. The van der Waals surface area contributed by atoms with Crippen molar-refractivity contribution >= 4 is 17.5 Å². The van der Waals surface area contributed by atoms with Crippen LogP contribution in [-0.2, 0) is 17.9 Å². The maximum atomic E-state index is 12.0. The van der Waals surface area contributed by atoms with Gasteiger partial charge in [0.2, 0.25) is 5.91 Å². The number of nitrogens with one attached hydrogen (secondary N) is 1. The second kappa shape index (κ2) is 5.20. The molecule has 0 aliphatic carbocycles. The monoisotopic (exact) mass is 255 g/mol. The van der Waals surface area contributed by atoms with Crippen LogP contribution < -0.4 is 5.32 Å². The van der Waals surface area contributed by atoms with Crippen LogP contribution in [0, 0.1) is 0 Å². The normalized spacial score (nSPS) is 11.5. The second-order valence-electron chi connectivity index (χ2n) is 3.03. The lowest BCUT2D eigenvalue weighted by Crippen LogP contribution is -2.24. The predicted octanol–water partition coefficient (Wildman–Crippen LogP) is 1.30. The summed E-state index contributed by atoms with van der Waals surface area (Å²) in [7, 11) is 0. The van der Waals surface area contributed by atoms with Crippen LogP contribution in [0.15, 0.2) is 12.3 Å². The van der Waals surface area contributed by atoms with E-state index in [2.05, 4.69) is 10.4 Å². The molecule has 0 saturated heterocycles. The minimum Gasteiger partial charge on any atom is -0.349 e. The average Bonchev–Trinajstić information content (AvgIpc) is 2.59. The number of hydrogen-bond donors (Lipinski definition) is 1. The lowest BCUT2D eigenvalue weighted by Gasteiger charge is -2.05. The summed E-state index contributed by atoms with van der Waals surface area (Å²) in [6.07, 6.45) is -3.10. The molecule has 1 rings (SSSR count). The fourth-order valence-corrected chi connectivity index (χ4v) is 1.10. The smallest absolute Gasteiger partial charge is 0.349 e. The Morgan fingerprint density at radius 2 is 2.25 bits per heavy atom. The summed E-state index contributed by atoms with van der Waals surface area (Å²) in [6, 6.07) is 1.40. The minimum absolute atomic E-state index is 0.0659. The Balaban J connectivity index is 2.49. The van der Waals surface area contributed by atoms with Gasteiger partial charge in [-0.1, -0.05) is 0 Å². The van der Waals surface area contributed by atoms with Crippen LogP contribution in [-0.4, -0.2) is 27.7 Å². The highest BCUT2D eigenvalue weighted by Gasteiger charge is 2.28. The van der Waals surface area contributed by atoms with Gasteiger partial charge in [-0.25, -0.2) is 0 Å². The summed E-state index contributed by atoms with van der Waals surface area (Å²) in [4.78, 5) is 10.8. The van der Waals surface area contributed by atoms with E-state index in [0.29, 0.717) is 5.69 Å². The molecule has 0 saturated carbocycles. The topological polar surface area (TPSA) is 46.9 Å². The number of rotatable bonds is 4. The summed E-state index contributed by atoms with van der Waals surface area (Å²) in [6.45, 7) is -1.08. The Hall–Kier alpha value is -1.24. The zero-order valence-electron chi connectivity index (χ0n) is 8.09. The summed E-state index contributed by atoms with van der Waals surface area (Å²) < 4.78 is 36.7. The SMILES string of the molecule is O=C(CCl)NCc1ccn(CC(F)(F)F)n1. The van der Waals surface area contributed by atoms with E-state index in [4.69, 9.17) is 11.6 Å². The van der Waals surface area contributed by atoms with Crippen LogP contribution in [0.3, 0.4) is 0 Å². The van der Waals surface area contributed by atoms with Crippen molar-refractivity contribution in [3.05, 3.63) is 18.0 Å². The third kappa shape index (κ3) is 4.52. The number of carbonyl (C=O) groups is 1. The number of amides is 1. The Labute approximate surface area is 94.4 Å². The third-order valence-electron chi connectivity index (χ3n) is 1.63. The summed E-state index contributed by atoms with van der Waals surface area (Å²) in [5.74, 6) is -0.587. The van der Waals surface area contributed by atoms with Gasteiger partial charge >= 0.3 is 6.18 Å². The van der Waals surface area contributed by atoms with Gasteiger partial charge in [-0.3, -0.25) is 9.48 Å². The quantitative estimate of drug-likeness (QED) is 0.825. The Morgan fingerprint density at radius 1 is 1.56 bits per heavy atom. The Bertz CT molecular complexity index is 364. The molecule has 0 unspecified atom stereocenters. The molecule has 0 radical (unpaired) electrons. The van der Waals surface area contributed by atoms with E-state index >= 15 is 0 Å². The third-order valence-corrected chi connectivity index (χ3v) is 1.87. The molecule has 4 nitrogen and oxygen atoms in total. The van der Waals surface area contributed by atoms with Gasteiger partial charge in [0, 0.05) is 6.20 Å². The first-order valence-electron chi connectivity index (χ1n) is 4.32. The van der Waals surface area contributed by atoms with E-state index in [-0.39, 0.29) is 12.4 Å². The Morgan fingerprint density at radius 3 is 2.81 bits per heavy atom. The maximum Gasteiger partial charge on any atom is 0.408 e. The molecule has 0 spiro atoms. The highest BCUT2D eigenvalue weighted by Crippen LogP contribution is 2.16. The van der Waals surface area contributed by atoms with Crippen LogP contribution in [0.25, 0.3) is 0 Å². The molecule has 0 aromatic carbocycles. The fourth-order valence-electron chi connectivity index (χ4n) is 1.01. The first-order valence-corrected chi connectivity index (χ1v) is 4.86. The van der Waals surface area contributed by atoms with E-state index < -0.39 is 18.6 Å². The van der Waals surface area contributed by atoms with Crippen molar-refractivity contribution in [2.45, 2.75) is 19.3 Å². The van der Waals surface area contributed by atoms with Crippen molar-refractivity contribution in [3.8, 4) is 0 Å². The molecular weight excluding hydrogens is 247 g/mol. The molecule has 0 atom stereocenters. The first-order chi connectivity index (χ1) is 7.40. The van der Waals surface area contributed by atoms with Crippen molar-refractivity contribution in [3.63, 3.8) is 0 Å². The predicted molar refractivity (Wildman–Crippen MR) is 50.8 cm³/mol. The van der Waals surface area contributed by atoms with E-state index in [9.17, 15) is 18.0 Å². The molecule has 1 heterocycles. The van der Waals surface area contributed by atoms with Crippen LogP contribution >= 0.6 is 11.6 Å². The van der Waals surface area contributed by atoms with Gasteiger partial charge in [0.25, 0.3) is 0 Å². The molecular formula is C8H9ClF3N3O. The minimum atomic E-state index is -4.30. The molecule has 90 valence electrons. The zero-order valence-corrected chi connectivity index (χ0v) is 8.85. The number of carbonyl (C=O) groups excluding carboxylic acids is 1. The molecule has 1 N–H and O–H groups in total. The average molecular weight is 256 g/mol. The zero-order chi connectivity index (χ0) is 12.2. The first kappa shape index (κ1) is 12.8. The van der Waals surface area contributed by atoms with Gasteiger partial charge in [-0.05, 0) is 6.07 Å². The highest BCUT2D eigenvalue weighted by molar-refractivity contribution is 6.27. The van der Waals surface area contributed by atoms with Gasteiger partial charge in [-0.15, -0.1) is 11.6 Å². The van der Waals surface area contributed by atoms with Crippen LogP contribution in [0.4, 0.5) is 13.2 Å². The van der Waals surface area contributed by atoms with E-state index in [1.54, 1.807) is 0 Å². The lowest BCUT2D eigenvalue weighted by molar-refractivity contribution is -0.142. The van der Waals surface area contributed by atoms with Crippen LogP contribution in [0.5, 0.6) is 0 Å². The van der Waals surface area contributed by atoms with Crippen LogP contribution in [0.2, 0.25) is 0 Å². The van der Waals surface area contributed by atoms with Gasteiger partial charge in [0.05, 0.1) is 12.2 Å². The summed E-state index contributed by atoms with van der Waals surface area (Å²) in [5.41, 5.74) is 0.350. The summed E-state index contributed by atoms with van der Waals surface area (Å²) >= 11 is 5.22. The fraction of sp³-hybridized carbons (Fsp3) is 0.500. The molecule has 8 heteroatoms. The number of alkyl halides is 4. The maximum absolute atomic E-state index is 12.0. The van der Waals surface area contributed by atoms with Gasteiger partial charge < -0.3 is 5.32 Å². The van der Waals surface area contributed by atoms with E-state index in [1.165, 1.54) is 12.3 Å². The van der Waals surface area contributed by atoms with Gasteiger partial charge in [0.15, 0.2) is 0 Å². The number of nitrogens with zero attached hydrogens (tertiary/aromatic N) is 2. The van der Waals surface area contributed by atoms with Crippen molar-refractivity contribution in [2.24, 2.45) is 0 Å². The Kier molecular flexibility index (Phi) is 4.17. The van der Waals surface area contributed by atoms with E-state index in [0.717, 1.165) is 4.68 Å². The molecule has 0 aliphatic heterocycles. The molecule has 1 amide bonds. The van der Waals surface area contributed by atoms with Gasteiger partial charge in [0.1, 0.15) is 12.4 Å². The largest absolute Gasteiger partial charge is 0.408 e. The molecule has 0 fully saturated rings. The highest BCUT2D eigenvalue weighted by atomic mass is 35.5. The van der Waals surface area contributed by atoms with Crippen molar-refractivity contribution < 1.29 is 18.0 Å². The summed E-state index contributed by atoms with van der Waals surface area (Å²) in [5, 5.41) is 6.04. The van der Waals surface area contributed by atoms with E-state index in [1.807, 2.05) is 0 Å². The van der Waals surface area contributed by atoms with Crippen molar-refractivity contribution in [1.82, 2.24) is 15.1 Å². The molecule has 0 bridgehead atoms. The molecule has 16 heavy (non-hydrogen) atoms. The number of hydrogen-bond acceptors (Lipinski definition) is 2. The van der Waals surface area contributed by atoms with Crippen LogP contribution in [0.1, 0.15) is 5.69 Å². The van der Waals surface area contributed by atoms with Gasteiger partial charge in [-0.2, -0.15) is 18.3 Å². The van der Waals surface area contributed by atoms with Crippen molar-refractivity contribution in [2.75, 3.05) is 5.88 Å². The standard InChI is InChI=1S/C8H9ClF3N3O/c9-3-7(16)13-4-6-1-2-15(14-6)5-8(10,11)12/h1-2H,3-5H2,(H,13,16). The number of aromatic nitrogens is 2. The molecule has 0 aliphatic rings. The second-order valence-corrected chi connectivity index (χ2v) is 3.30. The number of halogens is 4.